The van der Waals surface area contributed by atoms with Crippen molar-refractivity contribution in [2.45, 2.75) is 12.8 Å². The number of aryl methyl sites for hydroxylation is 1. The molecule has 1 aromatic rings. The van der Waals surface area contributed by atoms with Crippen molar-refractivity contribution < 1.29 is 21.4 Å². The molecule has 0 saturated heterocycles. The maximum absolute atomic E-state index is 13.1. The number of allylic oxidation sites excluding steroid dienone is 1. The molecule has 0 aromatic heterocycles. The summed E-state index contributed by atoms with van der Waals surface area (Å²) in [7, 11) is -3.67. The van der Waals surface area contributed by atoms with E-state index in [0.717, 1.165) is 18.4 Å². The highest BCUT2D eigenvalue weighted by atomic mass is 32.2. The third kappa shape index (κ3) is 2.63. The minimum Gasteiger partial charge on any atom is -0.382 e. The Morgan fingerprint density at radius 2 is 1.88 bits per heavy atom. The van der Waals surface area contributed by atoms with Crippen LogP contribution < -0.4 is 0 Å². The van der Waals surface area contributed by atoms with E-state index >= 15 is 0 Å². The highest BCUT2D eigenvalue weighted by molar-refractivity contribution is 7.86. The van der Waals surface area contributed by atoms with Crippen molar-refractivity contribution in [1.82, 2.24) is 0 Å². The molecule has 0 aliphatic heterocycles. The Morgan fingerprint density at radius 1 is 1.24 bits per heavy atom. The van der Waals surface area contributed by atoms with Gasteiger partial charge in [-0.3, -0.25) is 0 Å². The van der Waals surface area contributed by atoms with Crippen LogP contribution in [0.1, 0.15) is 17.5 Å². The average Bonchev–Trinajstić information content (AvgIpc) is 2.19. The number of rotatable bonds is 2. The van der Waals surface area contributed by atoms with E-state index < -0.39 is 21.8 Å². The van der Waals surface area contributed by atoms with E-state index in [-0.39, 0.29) is 5.76 Å². The van der Waals surface area contributed by atoms with Gasteiger partial charge in [-0.2, -0.15) is 8.42 Å². The first-order chi connectivity index (χ1) is 7.87. The molecule has 92 valence electrons. The Morgan fingerprint density at radius 3 is 2.53 bits per heavy atom. The lowest BCUT2D eigenvalue weighted by Gasteiger charge is -2.17. The van der Waals surface area contributed by atoms with Crippen LogP contribution in [0.2, 0.25) is 0 Å². The second-order valence-electron chi connectivity index (χ2n) is 3.82. The molecule has 0 spiro atoms. The van der Waals surface area contributed by atoms with Gasteiger partial charge in [0.05, 0.1) is 6.26 Å². The van der Waals surface area contributed by atoms with E-state index in [4.69, 9.17) is 4.18 Å². The van der Waals surface area contributed by atoms with E-state index in [1.54, 1.807) is 6.08 Å². The zero-order chi connectivity index (χ0) is 12.6. The Balaban J connectivity index is 2.48. The number of fused-ring (bicyclic) bond motifs is 1. The van der Waals surface area contributed by atoms with Crippen molar-refractivity contribution >= 4 is 15.9 Å². The summed E-state index contributed by atoms with van der Waals surface area (Å²) in [6, 6.07) is 2.03. The fourth-order valence-electron chi connectivity index (χ4n) is 1.73. The minimum atomic E-state index is -3.67. The molecule has 0 fully saturated rings. The van der Waals surface area contributed by atoms with Crippen LogP contribution >= 0.6 is 0 Å². The first kappa shape index (κ1) is 12.0. The summed E-state index contributed by atoms with van der Waals surface area (Å²) in [5.41, 5.74) is 0.839. The van der Waals surface area contributed by atoms with Crippen LogP contribution in [0.3, 0.4) is 0 Å². The van der Waals surface area contributed by atoms with Crippen LogP contribution in [-0.4, -0.2) is 14.7 Å². The summed E-state index contributed by atoms with van der Waals surface area (Å²) in [5.74, 6) is -1.90. The normalized spacial score (nSPS) is 15.1. The third-order valence-corrected chi connectivity index (χ3v) is 2.88. The predicted octanol–water partition coefficient (Wildman–Crippen LogP) is 2.23. The standard InChI is InChI=1S/C11H10F2O3S/c1-17(14,15)16-11-4-2-3-7-5-9(12)10(13)6-8(7)11/h4-6H,2-3H2,1H3. The highest BCUT2D eigenvalue weighted by Gasteiger charge is 2.20. The largest absolute Gasteiger partial charge is 0.382 e. The fraction of sp³-hybridized carbons (Fsp3) is 0.273. The molecule has 0 saturated carbocycles. The summed E-state index contributed by atoms with van der Waals surface area (Å²) < 4.78 is 52.9. The first-order valence-electron chi connectivity index (χ1n) is 4.95. The summed E-state index contributed by atoms with van der Waals surface area (Å²) in [6.45, 7) is 0. The maximum Gasteiger partial charge on any atom is 0.306 e. The van der Waals surface area contributed by atoms with Gasteiger partial charge in [0, 0.05) is 5.56 Å². The molecule has 2 rings (SSSR count). The summed E-state index contributed by atoms with van der Waals surface area (Å²) >= 11 is 0. The van der Waals surface area contributed by atoms with Crippen LogP contribution in [0, 0.1) is 11.6 Å². The number of benzene rings is 1. The molecule has 1 aliphatic rings. The molecule has 0 atom stereocenters. The second kappa shape index (κ2) is 4.10. The van der Waals surface area contributed by atoms with Crippen molar-refractivity contribution in [3.63, 3.8) is 0 Å². The highest BCUT2D eigenvalue weighted by Crippen LogP contribution is 2.30. The van der Waals surface area contributed by atoms with Crippen LogP contribution in [0.15, 0.2) is 18.2 Å². The molecule has 0 heterocycles. The summed E-state index contributed by atoms with van der Waals surface area (Å²) in [5, 5.41) is 0. The lowest BCUT2D eigenvalue weighted by molar-refractivity contribution is 0.464. The van der Waals surface area contributed by atoms with Crippen molar-refractivity contribution in [3.05, 3.63) is 41.0 Å². The van der Waals surface area contributed by atoms with Gasteiger partial charge < -0.3 is 4.18 Å². The van der Waals surface area contributed by atoms with Crippen molar-refractivity contribution in [2.75, 3.05) is 6.26 Å². The van der Waals surface area contributed by atoms with Gasteiger partial charge in [-0.25, -0.2) is 8.78 Å². The van der Waals surface area contributed by atoms with Crippen molar-refractivity contribution in [3.8, 4) is 0 Å². The van der Waals surface area contributed by atoms with Crippen molar-refractivity contribution in [2.24, 2.45) is 0 Å². The first-order valence-corrected chi connectivity index (χ1v) is 6.76. The smallest absolute Gasteiger partial charge is 0.306 e. The molecule has 0 N–H and O–H groups in total. The zero-order valence-electron chi connectivity index (χ0n) is 9.04. The molecule has 6 heteroatoms. The van der Waals surface area contributed by atoms with Gasteiger partial charge >= 0.3 is 10.1 Å². The summed E-state index contributed by atoms with van der Waals surface area (Å²) in [6.07, 6.45) is 3.52. The van der Waals surface area contributed by atoms with E-state index in [1.807, 2.05) is 0 Å². The monoisotopic (exact) mass is 260 g/mol. The van der Waals surface area contributed by atoms with Gasteiger partial charge in [0.25, 0.3) is 0 Å². The molecule has 0 radical (unpaired) electrons. The number of hydrogen-bond acceptors (Lipinski definition) is 3. The van der Waals surface area contributed by atoms with Crippen LogP contribution in [0.5, 0.6) is 0 Å². The number of hydrogen-bond donors (Lipinski definition) is 0. The quantitative estimate of drug-likeness (QED) is 0.766. The summed E-state index contributed by atoms with van der Waals surface area (Å²) in [4.78, 5) is 0. The number of halogens is 2. The lowest BCUT2D eigenvalue weighted by atomic mass is 9.96. The predicted molar refractivity (Wildman–Crippen MR) is 58.6 cm³/mol. The van der Waals surface area contributed by atoms with E-state index in [9.17, 15) is 17.2 Å². The zero-order valence-corrected chi connectivity index (χ0v) is 9.85. The molecule has 0 bridgehead atoms. The van der Waals surface area contributed by atoms with E-state index in [1.165, 1.54) is 0 Å². The van der Waals surface area contributed by atoms with Gasteiger partial charge in [-0.1, -0.05) is 0 Å². The van der Waals surface area contributed by atoms with Gasteiger partial charge in [0.2, 0.25) is 0 Å². The third-order valence-electron chi connectivity index (χ3n) is 2.40. The molecular weight excluding hydrogens is 250 g/mol. The molecule has 3 nitrogen and oxygen atoms in total. The topological polar surface area (TPSA) is 43.4 Å². The Kier molecular flexibility index (Phi) is 2.91. The van der Waals surface area contributed by atoms with Gasteiger partial charge in [-0.05, 0) is 36.6 Å². The van der Waals surface area contributed by atoms with Gasteiger partial charge in [0.15, 0.2) is 11.6 Å². The van der Waals surface area contributed by atoms with E-state index in [2.05, 4.69) is 0 Å². The van der Waals surface area contributed by atoms with Gasteiger partial charge in [-0.15, -0.1) is 0 Å². The second-order valence-corrected chi connectivity index (χ2v) is 5.39. The van der Waals surface area contributed by atoms with Gasteiger partial charge in [0.1, 0.15) is 5.76 Å². The minimum absolute atomic E-state index is 0.0626. The molecule has 1 aliphatic carbocycles. The Hall–Kier alpha value is -1.43. The van der Waals surface area contributed by atoms with Crippen LogP contribution in [-0.2, 0) is 20.7 Å². The molecular formula is C11H10F2O3S. The van der Waals surface area contributed by atoms with Crippen molar-refractivity contribution in [1.29, 1.82) is 0 Å². The average molecular weight is 260 g/mol. The maximum atomic E-state index is 13.1. The molecule has 17 heavy (non-hydrogen) atoms. The Bertz CT molecular complexity index is 591. The van der Waals surface area contributed by atoms with E-state index in [0.29, 0.717) is 24.0 Å². The fourth-order valence-corrected chi connectivity index (χ4v) is 2.22. The van der Waals surface area contributed by atoms with Crippen LogP contribution in [0.25, 0.3) is 5.76 Å². The SMILES string of the molecule is CS(=O)(=O)OC1=CCCc2cc(F)c(F)cc21. The molecule has 1 aromatic carbocycles. The molecule has 0 unspecified atom stereocenters. The lowest BCUT2D eigenvalue weighted by Crippen LogP contribution is -2.08. The van der Waals surface area contributed by atoms with Crippen LogP contribution in [0.4, 0.5) is 8.78 Å². The molecule has 0 amide bonds. The Labute approximate surface area is 97.8 Å².